The molecule has 1 amide bonds. The van der Waals surface area contributed by atoms with E-state index in [-0.39, 0.29) is 0 Å². The number of aryl methyl sites for hydroxylation is 1. The van der Waals surface area contributed by atoms with E-state index in [0.717, 1.165) is 22.6 Å². The van der Waals surface area contributed by atoms with Gasteiger partial charge in [0.05, 0.1) is 6.61 Å². The van der Waals surface area contributed by atoms with E-state index in [0.29, 0.717) is 6.61 Å². The Morgan fingerprint density at radius 2 is 1.76 bits per heavy atom. The molecular formula is C17H20N2O2. The molecule has 0 aliphatic rings. The number of carbonyl (C=O) groups excluding carboxylic acids is 1. The molecule has 0 heterocycles. The molecule has 110 valence electrons. The van der Waals surface area contributed by atoms with E-state index in [2.05, 4.69) is 5.32 Å². The number of nitrogens with two attached hydrogens (primary N) is 1. The van der Waals surface area contributed by atoms with Crippen molar-refractivity contribution in [1.82, 2.24) is 0 Å². The van der Waals surface area contributed by atoms with Crippen LogP contribution in [0.1, 0.15) is 24.1 Å². The summed E-state index contributed by atoms with van der Waals surface area (Å²) in [6, 6.07) is 14.6. The highest BCUT2D eigenvalue weighted by Crippen LogP contribution is 2.22. The zero-order valence-corrected chi connectivity index (χ0v) is 12.3. The van der Waals surface area contributed by atoms with Crippen LogP contribution < -0.4 is 15.8 Å². The molecule has 4 heteroatoms. The molecule has 2 rings (SSSR count). The molecule has 3 N–H and O–H groups in total. The van der Waals surface area contributed by atoms with Gasteiger partial charge in [-0.2, -0.15) is 0 Å². The minimum Gasteiger partial charge on any atom is -0.494 e. The minimum absolute atomic E-state index is 0.417. The number of amides is 1. The number of benzene rings is 2. The van der Waals surface area contributed by atoms with E-state index in [9.17, 15) is 4.79 Å². The number of nitrogens with one attached hydrogen (secondary N) is 1. The fraction of sp³-hybridized carbons (Fsp3) is 0.235. The number of rotatable bonds is 6. The fourth-order valence-corrected chi connectivity index (χ4v) is 2.06. The summed E-state index contributed by atoms with van der Waals surface area (Å²) in [5, 5.41) is 3.16. The zero-order valence-electron chi connectivity index (χ0n) is 12.3. The molecule has 2 aromatic rings. The Labute approximate surface area is 124 Å². The first-order valence-electron chi connectivity index (χ1n) is 6.95. The Balaban J connectivity index is 2.18. The summed E-state index contributed by atoms with van der Waals surface area (Å²) in [6.07, 6.45) is 0. The van der Waals surface area contributed by atoms with Crippen molar-refractivity contribution in [2.75, 3.05) is 11.9 Å². The lowest BCUT2D eigenvalue weighted by atomic mass is 10.1. The maximum absolute atomic E-state index is 11.7. The molecular weight excluding hydrogens is 264 g/mol. The van der Waals surface area contributed by atoms with E-state index < -0.39 is 11.9 Å². The van der Waals surface area contributed by atoms with Crippen LogP contribution in [0.5, 0.6) is 5.75 Å². The van der Waals surface area contributed by atoms with Crippen molar-refractivity contribution < 1.29 is 9.53 Å². The maximum Gasteiger partial charge on any atom is 0.244 e. The van der Waals surface area contributed by atoms with Gasteiger partial charge in [0, 0.05) is 5.69 Å². The topological polar surface area (TPSA) is 64.3 Å². The van der Waals surface area contributed by atoms with Gasteiger partial charge in [-0.1, -0.05) is 29.8 Å². The number of hydrogen-bond donors (Lipinski definition) is 2. The normalized spacial score (nSPS) is 11.7. The summed E-state index contributed by atoms with van der Waals surface area (Å²) < 4.78 is 5.40. The quantitative estimate of drug-likeness (QED) is 0.857. The summed E-state index contributed by atoms with van der Waals surface area (Å²) in [5.41, 5.74) is 8.35. The monoisotopic (exact) mass is 284 g/mol. The molecule has 1 unspecified atom stereocenters. The summed E-state index contributed by atoms with van der Waals surface area (Å²) in [5.74, 6) is 0.361. The minimum atomic E-state index is -0.566. The van der Waals surface area contributed by atoms with Gasteiger partial charge in [-0.3, -0.25) is 4.79 Å². The van der Waals surface area contributed by atoms with Crippen LogP contribution in [0, 0.1) is 6.92 Å². The van der Waals surface area contributed by atoms with Gasteiger partial charge < -0.3 is 15.8 Å². The van der Waals surface area contributed by atoms with E-state index in [4.69, 9.17) is 10.5 Å². The van der Waals surface area contributed by atoms with E-state index in [1.165, 1.54) is 0 Å². The lowest BCUT2D eigenvalue weighted by molar-refractivity contribution is -0.118. The summed E-state index contributed by atoms with van der Waals surface area (Å²) >= 11 is 0. The van der Waals surface area contributed by atoms with Gasteiger partial charge in [0.1, 0.15) is 11.8 Å². The van der Waals surface area contributed by atoms with Crippen LogP contribution in [0.15, 0.2) is 48.5 Å². The van der Waals surface area contributed by atoms with Crippen molar-refractivity contribution in [3.63, 3.8) is 0 Å². The number of ether oxygens (including phenoxy) is 1. The highest BCUT2D eigenvalue weighted by molar-refractivity contribution is 5.84. The Morgan fingerprint density at radius 1 is 1.14 bits per heavy atom. The van der Waals surface area contributed by atoms with Gasteiger partial charge in [-0.05, 0) is 43.7 Å². The van der Waals surface area contributed by atoms with Gasteiger partial charge in [0.2, 0.25) is 5.91 Å². The van der Waals surface area contributed by atoms with E-state index >= 15 is 0 Å². The molecule has 0 saturated carbocycles. The summed E-state index contributed by atoms with van der Waals surface area (Å²) in [4.78, 5) is 11.7. The second kappa shape index (κ2) is 6.79. The number of anilines is 1. The molecule has 0 aromatic heterocycles. The van der Waals surface area contributed by atoms with Crippen molar-refractivity contribution in [1.29, 1.82) is 0 Å². The van der Waals surface area contributed by atoms with Gasteiger partial charge in [-0.25, -0.2) is 0 Å². The van der Waals surface area contributed by atoms with Crippen LogP contribution in [0.2, 0.25) is 0 Å². The van der Waals surface area contributed by atoms with Crippen molar-refractivity contribution in [3.8, 4) is 5.75 Å². The molecule has 0 aliphatic heterocycles. The SMILES string of the molecule is CCOc1ccc(C(Nc2ccc(C)cc2)C(N)=O)cc1. The van der Waals surface area contributed by atoms with Crippen molar-refractivity contribution in [2.24, 2.45) is 5.73 Å². The second-order valence-corrected chi connectivity index (χ2v) is 4.85. The number of primary amides is 1. The first-order valence-corrected chi connectivity index (χ1v) is 6.95. The van der Waals surface area contributed by atoms with Crippen LogP contribution in [0.25, 0.3) is 0 Å². The largest absolute Gasteiger partial charge is 0.494 e. The van der Waals surface area contributed by atoms with E-state index in [1.54, 1.807) is 0 Å². The fourth-order valence-electron chi connectivity index (χ4n) is 2.06. The van der Waals surface area contributed by atoms with E-state index in [1.807, 2.05) is 62.4 Å². The smallest absolute Gasteiger partial charge is 0.244 e. The van der Waals surface area contributed by atoms with Crippen LogP contribution in [-0.2, 0) is 4.79 Å². The van der Waals surface area contributed by atoms with Gasteiger partial charge in [-0.15, -0.1) is 0 Å². The van der Waals surface area contributed by atoms with Gasteiger partial charge in [0.15, 0.2) is 0 Å². The summed E-state index contributed by atoms with van der Waals surface area (Å²) in [6.45, 7) is 4.56. The van der Waals surface area contributed by atoms with Crippen LogP contribution in [0.3, 0.4) is 0 Å². The van der Waals surface area contributed by atoms with Crippen LogP contribution in [0.4, 0.5) is 5.69 Å². The third-order valence-corrected chi connectivity index (χ3v) is 3.17. The predicted molar refractivity (Wildman–Crippen MR) is 84.3 cm³/mol. The zero-order chi connectivity index (χ0) is 15.2. The van der Waals surface area contributed by atoms with Crippen LogP contribution in [-0.4, -0.2) is 12.5 Å². The Kier molecular flexibility index (Phi) is 4.82. The molecule has 4 nitrogen and oxygen atoms in total. The molecule has 0 radical (unpaired) electrons. The highest BCUT2D eigenvalue weighted by atomic mass is 16.5. The van der Waals surface area contributed by atoms with Crippen molar-refractivity contribution in [2.45, 2.75) is 19.9 Å². The third-order valence-electron chi connectivity index (χ3n) is 3.17. The predicted octanol–water partition coefficient (Wildman–Crippen LogP) is 3.03. The molecule has 0 fully saturated rings. The number of carbonyl (C=O) groups is 1. The lowest BCUT2D eigenvalue weighted by Gasteiger charge is -2.17. The molecule has 0 aliphatic carbocycles. The molecule has 0 saturated heterocycles. The molecule has 0 spiro atoms. The van der Waals surface area contributed by atoms with Crippen molar-refractivity contribution in [3.05, 3.63) is 59.7 Å². The standard InChI is InChI=1S/C17H20N2O2/c1-3-21-15-10-6-13(7-11-15)16(17(18)20)19-14-8-4-12(2)5-9-14/h4-11,16,19H,3H2,1-2H3,(H2,18,20). The van der Waals surface area contributed by atoms with Crippen LogP contribution >= 0.6 is 0 Å². The first-order chi connectivity index (χ1) is 10.1. The molecule has 2 aromatic carbocycles. The Bertz CT molecular complexity index is 591. The Hall–Kier alpha value is -2.49. The lowest BCUT2D eigenvalue weighted by Crippen LogP contribution is -2.27. The molecule has 21 heavy (non-hydrogen) atoms. The highest BCUT2D eigenvalue weighted by Gasteiger charge is 2.17. The number of hydrogen-bond acceptors (Lipinski definition) is 3. The first kappa shape index (κ1) is 14.9. The van der Waals surface area contributed by atoms with Crippen molar-refractivity contribution >= 4 is 11.6 Å². The second-order valence-electron chi connectivity index (χ2n) is 4.85. The Morgan fingerprint density at radius 3 is 2.29 bits per heavy atom. The molecule has 0 bridgehead atoms. The maximum atomic E-state index is 11.7. The van der Waals surface area contributed by atoms with Gasteiger partial charge >= 0.3 is 0 Å². The summed E-state index contributed by atoms with van der Waals surface area (Å²) in [7, 11) is 0. The van der Waals surface area contributed by atoms with Gasteiger partial charge in [0.25, 0.3) is 0 Å². The average Bonchev–Trinajstić information content (AvgIpc) is 2.48. The third kappa shape index (κ3) is 3.99. The average molecular weight is 284 g/mol. The molecule has 1 atom stereocenters.